The van der Waals surface area contributed by atoms with Gasteiger partial charge in [0.05, 0.1) is 0 Å². The lowest BCUT2D eigenvalue weighted by atomic mass is 9.79. The van der Waals surface area contributed by atoms with Crippen LogP contribution in [0.15, 0.2) is 12.1 Å². The van der Waals surface area contributed by atoms with Crippen molar-refractivity contribution in [2.45, 2.75) is 12.8 Å². The van der Waals surface area contributed by atoms with Crippen molar-refractivity contribution in [3.63, 3.8) is 0 Å². The Morgan fingerprint density at radius 1 is 1.08 bits per heavy atom. The Balaban J connectivity index is 2.63. The van der Waals surface area contributed by atoms with E-state index >= 15 is 0 Å². The lowest BCUT2D eigenvalue weighted by Gasteiger charge is -2.03. The molecule has 2 rings (SSSR count). The van der Waals surface area contributed by atoms with Gasteiger partial charge in [0, 0.05) is 12.0 Å². The molecule has 0 aliphatic heterocycles. The minimum Gasteiger partial charge on any atom is -0.294 e. The number of carbonyl (C=O) groups excluding carboxylic acids is 1. The molecular formula is C9H10B2O. The Morgan fingerprint density at radius 2 is 1.75 bits per heavy atom. The second-order valence-corrected chi connectivity index (χ2v) is 3.52. The van der Waals surface area contributed by atoms with E-state index in [-0.39, 0.29) is 0 Å². The maximum atomic E-state index is 11.3. The highest BCUT2D eigenvalue weighted by atomic mass is 16.1. The van der Waals surface area contributed by atoms with Crippen LogP contribution in [0.1, 0.15) is 22.3 Å². The van der Waals surface area contributed by atoms with Gasteiger partial charge in [-0.25, -0.2) is 0 Å². The van der Waals surface area contributed by atoms with E-state index in [2.05, 4.69) is 21.8 Å². The summed E-state index contributed by atoms with van der Waals surface area (Å²) < 4.78 is 0. The SMILES string of the molecule is Bc1cc2c(cc1B)C(=O)CC2. The molecular weight excluding hydrogens is 146 g/mol. The van der Waals surface area contributed by atoms with Crippen molar-refractivity contribution in [2.24, 2.45) is 0 Å². The monoisotopic (exact) mass is 156 g/mol. The van der Waals surface area contributed by atoms with Crippen LogP contribution in [0.3, 0.4) is 0 Å². The Hall–Kier alpha value is -0.980. The lowest BCUT2D eigenvalue weighted by Crippen LogP contribution is -2.26. The molecule has 1 aliphatic carbocycles. The fourth-order valence-corrected chi connectivity index (χ4v) is 1.73. The molecule has 3 heteroatoms. The number of fused-ring (bicyclic) bond motifs is 1. The zero-order valence-corrected chi connectivity index (χ0v) is 7.48. The van der Waals surface area contributed by atoms with E-state index in [0.29, 0.717) is 12.2 Å². The van der Waals surface area contributed by atoms with Gasteiger partial charge in [0.2, 0.25) is 0 Å². The molecule has 1 aliphatic rings. The first-order chi connectivity index (χ1) is 5.68. The largest absolute Gasteiger partial charge is 0.294 e. The molecule has 0 spiro atoms. The summed E-state index contributed by atoms with van der Waals surface area (Å²) in [5.41, 5.74) is 4.72. The first-order valence-corrected chi connectivity index (χ1v) is 4.32. The number of benzene rings is 1. The van der Waals surface area contributed by atoms with Gasteiger partial charge in [-0.2, -0.15) is 0 Å². The third kappa shape index (κ3) is 1.01. The van der Waals surface area contributed by atoms with E-state index in [4.69, 9.17) is 0 Å². The van der Waals surface area contributed by atoms with Crippen LogP contribution in [-0.2, 0) is 6.42 Å². The summed E-state index contributed by atoms with van der Waals surface area (Å²) in [5.74, 6) is 0.313. The summed E-state index contributed by atoms with van der Waals surface area (Å²) in [5, 5.41) is 0. The van der Waals surface area contributed by atoms with Crippen LogP contribution < -0.4 is 10.9 Å². The van der Waals surface area contributed by atoms with Crippen molar-refractivity contribution in [1.82, 2.24) is 0 Å². The van der Waals surface area contributed by atoms with Gasteiger partial charge in [-0.3, -0.25) is 4.79 Å². The fourth-order valence-electron chi connectivity index (χ4n) is 1.73. The molecule has 0 atom stereocenters. The van der Waals surface area contributed by atoms with Crippen molar-refractivity contribution in [3.8, 4) is 0 Å². The highest BCUT2D eigenvalue weighted by Gasteiger charge is 2.19. The summed E-state index contributed by atoms with van der Waals surface area (Å²) in [4.78, 5) is 11.3. The molecule has 1 nitrogen and oxygen atoms in total. The number of rotatable bonds is 0. The average molecular weight is 156 g/mol. The van der Waals surface area contributed by atoms with Gasteiger partial charge >= 0.3 is 0 Å². The van der Waals surface area contributed by atoms with Gasteiger partial charge in [-0.1, -0.05) is 23.1 Å². The van der Waals surface area contributed by atoms with Crippen molar-refractivity contribution in [1.29, 1.82) is 0 Å². The second kappa shape index (κ2) is 2.51. The van der Waals surface area contributed by atoms with Gasteiger partial charge in [0.1, 0.15) is 15.7 Å². The zero-order valence-electron chi connectivity index (χ0n) is 7.48. The first-order valence-electron chi connectivity index (χ1n) is 4.32. The minimum atomic E-state index is 0.313. The molecule has 0 heterocycles. The quantitative estimate of drug-likeness (QED) is 0.410. The van der Waals surface area contributed by atoms with Crippen molar-refractivity contribution in [2.75, 3.05) is 0 Å². The highest BCUT2D eigenvalue weighted by molar-refractivity contribution is 6.48. The van der Waals surface area contributed by atoms with Crippen LogP contribution in [0.25, 0.3) is 0 Å². The van der Waals surface area contributed by atoms with Gasteiger partial charge in [-0.15, -0.1) is 0 Å². The maximum Gasteiger partial charge on any atom is 0.163 e. The first kappa shape index (κ1) is 7.66. The van der Waals surface area contributed by atoms with Gasteiger partial charge in [0.15, 0.2) is 5.78 Å². The molecule has 0 aromatic heterocycles. The Morgan fingerprint density at radius 3 is 2.50 bits per heavy atom. The molecule has 1 aromatic carbocycles. The molecule has 0 unspecified atom stereocenters. The van der Waals surface area contributed by atoms with Crippen LogP contribution in [0.5, 0.6) is 0 Å². The summed E-state index contributed by atoms with van der Waals surface area (Å²) in [6.07, 6.45) is 1.65. The number of aryl methyl sites for hydroxylation is 1. The smallest absolute Gasteiger partial charge is 0.163 e. The van der Waals surface area contributed by atoms with E-state index in [0.717, 1.165) is 12.0 Å². The Kier molecular flexibility index (Phi) is 1.60. The number of carbonyl (C=O) groups is 1. The summed E-state index contributed by atoms with van der Waals surface area (Å²) in [6.45, 7) is 0. The maximum absolute atomic E-state index is 11.3. The summed E-state index contributed by atoms with van der Waals surface area (Å²) in [7, 11) is 4.15. The highest BCUT2D eigenvalue weighted by Crippen LogP contribution is 2.19. The molecule has 0 saturated heterocycles. The Labute approximate surface area is 74.0 Å². The van der Waals surface area contributed by atoms with Crippen molar-refractivity contribution in [3.05, 3.63) is 23.3 Å². The average Bonchev–Trinajstić information content (AvgIpc) is 2.35. The van der Waals surface area contributed by atoms with Gasteiger partial charge < -0.3 is 0 Å². The van der Waals surface area contributed by atoms with E-state index in [9.17, 15) is 4.79 Å². The number of hydrogen-bond acceptors (Lipinski definition) is 1. The van der Waals surface area contributed by atoms with Crippen LogP contribution >= 0.6 is 0 Å². The van der Waals surface area contributed by atoms with E-state index < -0.39 is 0 Å². The second-order valence-electron chi connectivity index (χ2n) is 3.52. The number of Topliss-reactive ketones (excluding diaryl/α,β-unsaturated/α-hetero) is 1. The summed E-state index contributed by atoms with van der Waals surface area (Å²) >= 11 is 0. The number of hydrogen-bond donors (Lipinski definition) is 0. The molecule has 58 valence electrons. The van der Waals surface area contributed by atoms with E-state index in [1.807, 2.05) is 6.07 Å². The van der Waals surface area contributed by atoms with Crippen molar-refractivity contribution >= 4 is 32.4 Å². The summed E-state index contributed by atoms with van der Waals surface area (Å²) in [6, 6.07) is 4.18. The van der Waals surface area contributed by atoms with Crippen LogP contribution in [0.2, 0.25) is 0 Å². The van der Waals surface area contributed by atoms with Crippen LogP contribution in [0, 0.1) is 0 Å². The minimum absolute atomic E-state index is 0.313. The van der Waals surface area contributed by atoms with E-state index in [1.165, 1.54) is 16.5 Å². The molecule has 1 aromatic rings. The molecule has 0 fully saturated rings. The third-order valence-corrected chi connectivity index (χ3v) is 2.64. The third-order valence-electron chi connectivity index (χ3n) is 2.64. The van der Waals surface area contributed by atoms with Crippen molar-refractivity contribution < 1.29 is 4.79 Å². The predicted octanol–water partition coefficient (Wildman–Crippen LogP) is -1.67. The zero-order chi connectivity index (χ0) is 8.72. The van der Waals surface area contributed by atoms with Crippen LogP contribution in [0.4, 0.5) is 0 Å². The molecule has 0 saturated carbocycles. The molecule has 0 N–H and O–H groups in total. The van der Waals surface area contributed by atoms with Crippen LogP contribution in [-0.4, -0.2) is 21.5 Å². The molecule has 0 amide bonds. The predicted molar refractivity (Wildman–Crippen MR) is 55.4 cm³/mol. The van der Waals surface area contributed by atoms with Gasteiger partial charge in [-0.05, 0) is 12.0 Å². The Bertz CT molecular complexity index is 358. The normalized spacial score (nSPS) is 14.8. The number of ketones is 1. The van der Waals surface area contributed by atoms with Gasteiger partial charge in [0.25, 0.3) is 0 Å². The molecule has 0 bridgehead atoms. The molecule has 12 heavy (non-hydrogen) atoms. The topological polar surface area (TPSA) is 17.1 Å². The lowest BCUT2D eigenvalue weighted by molar-refractivity contribution is 0.0994. The fraction of sp³-hybridized carbons (Fsp3) is 0.222. The molecule has 0 radical (unpaired) electrons. The standard InChI is InChI=1S/C9H10B2O/c10-7-3-5-1-2-9(12)6(5)4-8(7)11/h3-4H,1-2,10-11H2. The van der Waals surface area contributed by atoms with E-state index in [1.54, 1.807) is 0 Å².